The lowest BCUT2D eigenvalue weighted by molar-refractivity contribution is 0.292. The summed E-state index contributed by atoms with van der Waals surface area (Å²) in [6.45, 7) is -0.404. The molecule has 0 aliphatic carbocycles. The first-order valence-corrected chi connectivity index (χ1v) is 9.92. The average molecular weight is 438 g/mol. The topological polar surface area (TPSA) is 68.7 Å². The molecule has 2 aromatic carbocycles. The quantitative estimate of drug-likeness (QED) is 0.514. The highest BCUT2D eigenvalue weighted by Crippen LogP contribution is 2.27. The predicted octanol–water partition coefficient (Wildman–Crippen LogP) is 4.26. The minimum absolute atomic E-state index is 0.186. The van der Waals surface area contributed by atoms with Gasteiger partial charge in [-0.1, -0.05) is 3.89 Å². The first-order valence-electron chi connectivity index (χ1n) is 8.61. The molecule has 0 atom stereocenters. The van der Waals surface area contributed by atoms with Crippen LogP contribution in [0.25, 0.3) is 11.1 Å². The molecule has 0 spiro atoms. The highest BCUT2D eigenvalue weighted by Gasteiger charge is 2.14. The van der Waals surface area contributed by atoms with Gasteiger partial charge >= 0.3 is 10.5 Å². The summed E-state index contributed by atoms with van der Waals surface area (Å²) >= 11 is 0. The number of hydrogen-bond donors (Lipinski definition) is 0. The predicted molar refractivity (Wildman–Crippen MR) is 105 cm³/mol. The monoisotopic (exact) mass is 438 g/mol. The van der Waals surface area contributed by atoms with E-state index in [1.54, 1.807) is 23.2 Å². The Morgan fingerprint density at radius 2 is 1.53 bits per heavy atom. The van der Waals surface area contributed by atoms with Crippen molar-refractivity contribution in [3.8, 4) is 22.6 Å². The van der Waals surface area contributed by atoms with Crippen LogP contribution < -0.4 is 13.8 Å². The summed E-state index contributed by atoms with van der Waals surface area (Å²) in [5, 5.41) is 0. The molecule has 0 bridgehead atoms. The number of anilines is 1. The zero-order chi connectivity index (χ0) is 21.9. The van der Waals surface area contributed by atoms with Crippen LogP contribution in [-0.4, -0.2) is 27.5 Å². The third kappa shape index (κ3) is 5.41. The molecule has 0 aliphatic heterocycles. The second-order valence-electron chi connectivity index (χ2n) is 6.45. The smallest absolute Gasteiger partial charge is 0.488 e. The van der Waals surface area contributed by atoms with Crippen molar-refractivity contribution in [2.45, 2.75) is 6.61 Å². The van der Waals surface area contributed by atoms with E-state index in [-0.39, 0.29) is 17.1 Å². The lowest BCUT2D eigenvalue weighted by Crippen LogP contribution is -2.10. The van der Waals surface area contributed by atoms with E-state index in [9.17, 15) is 21.1 Å². The highest BCUT2D eigenvalue weighted by atomic mass is 32.3. The van der Waals surface area contributed by atoms with Gasteiger partial charge in [-0.15, -0.1) is 0 Å². The zero-order valence-corrected chi connectivity index (χ0v) is 16.8. The maximum absolute atomic E-state index is 14.5. The Hall–Kier alpha value is -3.27. The third-order valence-corrected chi connectivity index (χ3v) is 4.47. The van der Waals surface area contributed by atoms with Gasteiger partial charge in [0, 0.05) is 20.3 Å². The van der Waals surface area contributed by atoms with Crippen molar-refractivity contribution in [3.63, 3.8) is 0 Å². The maximum atomic E-state index is 14.5. The molecule has 0 unspecified atom stereocenters. The molecule has 0 radical (unpaired) electrons. The number of hydrogen-bond acceptors (Lipinski definition) is 6. The van der Waals surface area contributed by atoms with Crippen molar-refractivity contribution in [1.29, 1.82) is 0 Å². The van der Waals surface area contributed by atoms with E-state index in [2.05, 4.69) is 9.17 Å². The van der Waals surface area contributed by atoms with E-state index in [1.165, 1.54) is 24.3 Å². The summed E-state index contributed by atoms with van der Waals surface area (Å²) in [6, 6.07) is 10.6. The van der Waals surface area contributed by atoms with Gasteiger partial charge in [0.1, 0.15) is 35.6 Å². The average Bonchev–Trinajstić information content (AvgIpc) is 2.67. The van der Waals surface area contributed by atoms with Crippen LogP contribution >= 0.6 is 0 Å². The van der Waals surface area contributed by atoms with Crippen LogP contribution in [0.4, 0.5) is 18.5 Å². The number of ether oxygens (including phenoxy) is 1. The molecule has 0 saturated heterocycles. The van der Waals surface area contributed by atoms with Crippen molar-refractivity contribution >= 4 is 16.3 Å². The standard InChI is InChI=1S/C20H17F3N2O4S/c1-25(2)20-11-13(7-8-24-20)14-9-18(21)17(19(22)10-14)12-28-15-3-5-16(6-4-15)29-30(23,26)27/h3-11H,12H2,1-2H3. The first-order chi connectivity index (χ1) is 14.1. The molecule has 3 aromatic rings. The molecule has 1 heterocycles. The summed E-state index contributed by atoms with van der Waals surface area (Å²) in [4.78, 5) is 5.95. The summed E-state index contributed by atoms with van der Waals surface area (Å²) in [6.07, 6.45) is 1.55. The molecule has 0 amide bonds. The Morgan fingerprint density at radius 3 is 2.10 bits per heavy atom. The van der Waals surface area contributed by atoms with E-state index in [0.717, 1.165) is 12.1 Å². The van der Waals surface area contributed by atoms with Crippen LogP contribution in [0, 0.1) is 11.6 Å². The second-order valence-corrected chi connectivity index (χ2v) is 7.40. The normalized spacial score (nSPS) is 11.2. The van der Waals surface area contributed by atoms with Crippen molar-refractivity contribution in [3.05, 3.63) is 71.9 Å². The molecule has 0 saturated carbocycles. The first kappa shape index (κ1) is 21.4. The van der Waals surface area contributed by atoms with E-state index in [0.29, 0.717) is 16.9 Å². The van der Waals surface area contributed by atoms with Crippen LogP contribution in [0.1, 0.15) is 5.56 Å². The molecule has 0 fully saturated rings. The van der Waals surface area contributed by atoms with Crippen molar-refractivity contribution in [2.24, 2.45) is 0 Å². The summed E-state index contributed by atoms with van der Waals surface area (Å²) in [7, 11) is -1.52. The molecule has 10 heteroatoms. The minimum Gasteiger partial charge on any atom is -0.489 e. The number of pyridine rings is 1. The van der Waals surface area contributed by atoms with Crippen LogP contribution in [0.5, 0.6) is 11.5 Å². The Labute approximate surface area is 171 Å². The lowest BCUT2D eigenvalue weighted by atomic mass is 10.0. The number of nitrogens with zero attached hydrogens (tertiary/aromatic N) is 2. The SMILES string of the molecule is CN(C)c1cc(-c2cc(F)c(COc3ccc(OS(=O)(=O)F)cc3)c(F)c2)ccn1. The van der Waals surface area contributed by atoms with Crippen LogP contribution in [0.15, 0.2) is 54.7 Å². The molecule has 1 aromatic heterocycles. The van der Waals surface area contributed by atoms with Gasteiger partial charge in [-0.05, 0) is 59.7 Å². The van der Waals surface area contributed by atoms with Gasteiger partial charge in [-0.25, -0.2) is 13.8 Å². The van der Waals surface area contributed by atoms with Gasteiger partial charge in [0.05, 0.1) is 5.56 Å². The Balaban J connectivity index is 1.75. The second kappa shape index (κ2) is 8.62. The third-order valence-electron chi connectivity index (χ3n) is 4.08. The van der Waals surface area contributed by atoms with Gasteiger partial charge in [0.15, 0.2) is 0 Å². The molecule has 0 N–H and O–H groups in total. The van der Waals surface area contributed by atoms with Crippen LogP contribution in [-0.2, 0) is 17.1 Å². The fourth-order valence-corrected chi connectivity index (χ4v) is 2.95. The van der Waals surface area contributed by atoms with Gasteiger partial charge in [-0.3, -0.25) is 0 Å². The summed E-state index contributed by atoms with van der Waals surface area (Å²) in [5.41, 5.74) is 0.692. The van der Waals surface area contributed by atoms with Crippen molar-refractivity contribution in [2.75, 3.05) is 19.0 Å². The molecule has 158 valence electrons. The lowest BCUT2D eigenvalue weighted by Gasteiger charge is -2.13. The van der Waals surface area contributed by atoms with Crippen LogP contribution in [0.2, 0.25) is 0 Å². The zero-order valence-electron chi connectivity index (χ0n) is 16.0. The highest BCUT2D eigenvalue weighted by molar-refractivity contribution is 7.81. The summed E-state index contributed by atoms with van der Waals surface area (Å²) in [5.74, 6) is -0.991. The van der Waals surface area contributed by atoms with Gasteiger partial charge in [0.25, 0.3) is 0 Å². The fourth-order valence-electron chi connectivity index (χ4n) is 2.61. The number of halogens is 3. The molecular formula is C20H17F3N2O4S. The summed E-state index contributed by atoms with van der Waals surface area (Å²) < 4.78 is 71.8. The van der Waals surface area contributed by atoms with Gasteiger partial charge in [0.2, 0.25) is 0 Å². The number of benzene rings is 2. The van der Waals surface area contributed by atoms with E-state index in [4.69, 9.17) is 4.74 Å². The largest absolute Gasteiger partial charge is 0.489 e. The Bertz CT molecular complexity index is 1130. The minimum atomic E-state index is -5.14. The van der Waals surface area contributed by atoms with Crippen molar-refractivity contribution in [1.82, 2.24) is 4.98 Å². The molecule has 0 aliphatic rings. The number of aromatic nitrogens is 1. The molecule has 6 nitrogen and oxygen atoms in total. The molecular weight excluding hydrogens is 421 g/mol. The molecule has 30 heavy (non-hydrogen) atoms. The van der Waals surface area contributed by atoms with Gasteiger partial charge < -0.3 is 13.8 Å². The number of rotatable bonds is 7. The Kier molecular flexibility index (Phi) is 6.16. The Morgan fingerprint density at radius 1 is 0.933 bits per heavy atom. The van der Waals surface area contributed by atoms with Crippen molar-refractivity contribution < 1.29 is 30.0 Å². The van der Waals surface area contributed by atoms with E-state index >= 15 is 0 Å². The maximum Gasteiger partial charge on any atom is 0.488 e. The fraction of sp³-hybridized carbons (Fsp3) is 0.150. The van der Waals surface area contributed by atoms with E-state index < -0.39 is 28.7 Å². The van der Waals surface area contributed by atoms with Crippen LogP contribution in [0.3, 0.4) is 0 Å². The van der Waals surface area contributed by atoms with Gasteiger partial charge in [-0.2, -0.15) is 8.42 Å². The molecule has 3 rings (SSSR count). The van der Waals surface area contributed by atoms with E-state index in [1.807, 2.05) is 14.1 Å².